The van der Waals surface area contributed by atoms with Crippen molar-refractivity contribution in [2.24, 2.45) is 0 Å². The molecule has 1 unspecified atom stereocenters. The predicted molar refractivity (Wildman–Crippen MR) is 330 cm³/mol. The molecule has 76 heavy (non-hydrogen) atoms. The molecule has 0 saturated heterocycles. The zero-order valence-electron chi connectivity index (χ0n) is 51.8. The van der Waals surface area contributed by atoms with E-state index in [1.165, 1.54) is 295 Å². The summed E-state index contributed by atoms with van der Waals surface area (Å²) >= 11 is 0. The molecular formula is C70H134O6. The van der Waals surface area contributed by atoms with E-state index in [4.69, 9.17) is 14.2 Å². The van der Waals surface area contributed by atoms with Crippen LogP contribution in [0.1, 0.15) is 400 Å². The minimum atomic E-state index is -0.769. The lowest BCUT2D eigenvalue weighted by molar-refractivity contribution is -0.167. The van der Waals surface area contributed by atoms with Crippen LogP contribution in [0.5, 0.6) is 0 Å². The Morgan fingerprint density at radius 2 is 0.434 bits per heavy atom. The lowest BCUT2D eigenvalue weighted by atomic mass is 10.0. The van der Waals surface area contributed by atoms with Gasteiger partial charge in [-0.15, -0.1) is 0 Å². The lowest BCUT2D eigenvalue weighted by Crippen LogP contribution is -2.30. The van der Waals surface area contributed by atoms with Gasteiger partial charge in [0.2, 0.25) is 0 Å². The van der Waals surface area contributed by atoms with E-state index in [0.29, 0.717) is 19.3 Å². The molecule has 6 heteroatoms. The number of allylic oxidation sites excluding steroid dienone is 2. The monoisotopic (exact) mass is 1070 g/mol. The summed E-state index contributed by atoms with van der Waals surface area (Å²) in [6, 6.07) is 0. The largest absolute Gasteiger partial charge is 0.462 e. The summed E-state index contributed by atoms with van der Waals surface area (Å²) < 4.78 is 16.9. The molecule has 0 saturated carbocycles. The number of carbonyl (C=O) groups excluding carboxylic acids is 3. The van der Waals surface area contributed by atoms with Gasteiger partial charge in [-0.2, -0.15) is 0 Å². The summed E-state index contributed by atoms with van der Waals surface area (Å²) in [5.41, 5.74) is 0. The fourth-order valence-electron chi connectivity index (χ4n) is 10.8. The quantitative estimate of drug-likeness (QED) is 0.0261. The molecule has 0 aliphatic heterocycles. The summed E-state index contributed by atoms with van der Waals surface area (Å²) in [7, 11) is 0. The van der Waals surface area contributed by atoms with Gasteiger partial charge >= 0.3 is 17.9 Å². The minimum Gasteiger partial charge on any atom is -0.462 e. The van der Waals surface area contributed by atoms with Crippen LogP contribution in [0.25, 0.3) is 0 Å². The summed E-state index contributed by atoms with van der Waals surface area (Å²) in [5.74, 6) is -0.852. The molecule has 0 aromatic heterocycles. The first-order chi connectivity index (χ1) is 37.5. The summed E-state index contributed by atoms with van der Waals surface area (Å²) in [4.78, 5) is 38.1. The number of esters is 3. The van der Waals surface area contributed by atoms with Crippen LogP contribution in [0.4, 0.5) is 0 Å². The standard InChI is InChI=1S/C70H134O6/c1-4-7-10-13-16-19-22-24-25-26-27-28-29-30-31-32-33-34-35-36-37-38-39-40-41-42-43-44-45-46-49-51-54-57-60-63-69(72)75-66-67(65-74-68(71)62-59-56-53-50-47-21-18-15-12-9-6-3)76-70(73)64-61-58-55-52-48-23-20-17-14-11-8-5-2/h17,20,67H,4-16,18-19,21-66H2,1-3H3/b20-17-. The maximum atomic E-state index is 12.8. The molecular weight excluding hydrogens is 937 g/mol. The van der Waals surface area contributed by atoms with E-state index in [2.05, 4.69) is 32.9 Å². The van der Waals surface area contributed by atoms with Crippen LogP contribution >= 0.6 is 0 Å². The molecule has 0 fully saturated rings. The third-order valence-electron chi connectivity index (χ3n) is 16.0. The van der Waals surface area contributed by atoms with Gasteiger partial charge < -0.3 is 14.2 Å². The minimum absolute atomic E-state index is 0.0675. The van der Waals surface area contributed by atoms with Crippen molar-refractivity contribution in [3.8, 4) is 0 Å². The Hall–Kier alpha value is -1.85. The Kier molecular flexibility index (Phi) is 64.1. The number of ether oxygens (including phenoxy) is 3. The van der Waals surface area contributed by atoms with Crippen molar-refractivity contribution in [2.75, 3.05) is 13.2 Å². The van der Waals surface area contributed by atoms with E-state index in [-0.39, 0.29) is 31.1 Å². The Morgan fingerprint density at radius 1 is 0.250 bits per heavy atom. The number of hydrogen-bond donors (Lipinski definition) is 0. The first-order valence-electron chi connectivity index (χ1n) is 34.7. The molecule has 0 aliphatic rings. The van der Waals surface area contributed by atoms with Crippen molar-refractivity contribution >= 4 is 17.9 Å². The van der Waals surface area contributed by atoms with Crippen LogP contribution in [0.2, 0.25) is 0 Å². The van der Waals surface area contributed by atoms with Crippen molar-refractivity contribution in [1.29, 1.82) is 0 Å². The number of carbonyl (C=O) groups is 3. The van der Waals surface area contributed by atoms with Gasteiger partial charge in [-0.3, -0.25) is 14.4 Å². The Morgan fingerprint density at radius 3 is 0.684 bits per heavy atom. The average molecular weight is 1070 g/mol. The molecule has 0 heterocycles. The number of hydrogen-bond acceptors (Lipinski definition) is 6. The maximum Gasteiger partial charge on any atom is 0.306 e. The molecule has 0 N–H and O–H groups in total. The second-order valence-corrected chi connectivity index (χ2v) is 23.8. The number of rotatable bonds is 65. The van der Waals surface area contributed by atoms with E-state index < -0.39 is 6.10 Å². The van der Waals surface area contributed by atoms with Gasteiger partial charge in [-0.05, 0) is 44.9 Å². The molecule has 0 rings (SSSR count). The topological polar surface area (TPSA) is 78.9 Å². The Labute approximate surface area is 475 Å². The van der Waals surface area contributed by atoms with Crippen LogP contribution in [0, 0.1) is 0 Å². The molecule has 0 aromatic rings. The Bertz CT molecular complexity index is 1180. The van der Waals surface area contributed by atoms with E-state index in [0.717, 1.165) is 64.2 Å². The van der Waals surface area contributed by atoms with Crippen molar-refractivity contribution in [1.82, 2.24) is 0 Å². The summed E-state index contributed by atoms with van der Waals surface area (Å²) in [6.45, 7) is 6.67. The highest BCUT2D eigenvalue weighted by atomic mass is 16.6. The van der Waals surface area contributed by atoms with E-state index in [9.17, 15) is 14.4 Å². The third-order valence-corrected chi connectivity index (χ3v) is 16.0. The van der Waals surface area contributed by atoms with Gasteiger partial charge in [-0.1, -0.05) is 348 Å². The lowest BCUT2D eigenvalue weighted by Gasteiger charge is -2.18. The number of unbranched alkanes of at least 4 members (excludes halogenated alkanes) is 52. The van der Waals surface area contributed by atoms with Crippen molar-refractivity contribution in [3.63, 3.8) is 0 Å². The van der Waals surface area contributed by atoms with Crippen LogP contribution in [0.15, 0.2) is 12.2 Å². The summed E-state index contributed by atoms with van der Waals surface area (Å²) in [5, 5.41) is 0. The molecule has 6 nitrogen and oxygen atoms in total. The van der Waals surface area contributed by atoms with E-state index >= 15 is 0 Å². The van der Waals surface area contributed by atoms with Crippen LogP contribution < -0.4 is 0 Å². The fraction of sp³-hybridized carbons (Fsp3) is 0.929. The first kappa shape index (κ1) is 74.2. The molecule has 0 bridgehead atoms. The second kappa shape index (κ2) is 65.7. The van der Waals surface area contributed by atoms with Crippen LogP contribution in [0.3, 0.4) is 0 Å². The summed E-state index contributed by atoms with van der Waals surface area (Å²) in [6.07, 6.45) is 78.5. The highest BCUT2D eigenvalue weighted by Gasteiger charge is 2.19. The molecule has 0 aromatic carbocycles. The van der Waals surface area contributed by atoms with Gasteiger partial charge in [0.05, 0.1) is 0 Å². The molecule has 0 amide bonds. The average Bonchev–Trinajstić information content (AvgIpc) is 3.42. The van der Waals surface area contributed by atoms with E-state index in [1.807, 2.05) is 0 Å². The van der Waals surface area contributed by atoms with Crippen molar-refractivity contribution in [2.45, 2.75) is 406 Å². The van der Waals surface area contributed by atoms with Gasteiger partial charge in [0, 0.05) is 19.3 Å². The van der Waals surface area contributed by atoms with Crippen LogP contribution in [-0.2, 0) is 28.6 Å². The fourth-order valence-corrected chi connectivity index (χ4v) is 10.8. The van der Waals surface area contributed by atoms with Crippen LogP contribution in [-0.4, -0.2) is 37.2 Å². The first-order valence-corrected chi connectivity index (χ1v) is 34.7. The molecule has 450 valence electrons. The van der Waals surface area contributed by atoms with Gasteiger partial charge in [0.1, 0.15) is 13.2 Å². The molecule has 0 aliphatic carbocycles. The van der Waals surface area contributed by atoms with Gasteiger partial charge in [0.15, 0.2) is 6.10 Å². The zero-order valence-corrected chi connectivity index (χ0v) is 51.8. The SMILES string of the molecule is CCCCC/C=C\CCCCCCCC(=O)OC(COC(=O)CCCCCCCCCCCCC)COC(=O)CCCCCCCCCCCCCCCCCCCCCCCCCCCCCCCCCCCCC. The smallest absolute Gasteiger partial charge is 0.306 e. The second-order valence-electron chi connectivity index (χ2n) is 23.8. The van der Waals surface area contributed by atoms with Crippen molar-refractivity contribution < 1.29 is 28.6 Å². The maximum absolute atomic E-state index is 12.8. The van der Waals surface area contributed by atoms with Gasteiger partial charge in [0.25, 0.3) is 0 Å². The van der Waals surface area contributed by atoms with Gasteiger partial charge in [-0.25, -0.2) is 0 Å². The highest BCUT2D eigenvalue weighted by molar-refractivity contribution is 5.71. The highest BCUT2D eigenvalue weighted by Crippen LogP contribution is 2.19. The zero-order chi connectivity index (χ0) is 55.0. The van der Waals surface area contributed by atoms with E-state index in [1.54, 1.807) is 0 Å². The third kappa shape index (κ3) is 63.0. The predicted octanol–water partition coefficient (Wildman–Crippen LogP) is 23.6. The normalized spacial score (nSPS) is 12.0. The molecule has 0 spiro atoms. The Balaban J connectivity index is 3.93. The molecule has 0 radical (unpaired) electrons. The van der Waals surface area contributed by atoms with Crippen molar-refractivity contribution in [3.05, 3.63) is 12.2 Å². The molecule has 1 atom stereocenters.